The van der Waals surface area contributed by atoms with Crippen LogP contribution in [0.2, 0.25) is 0 Å². The Morgan fingerprint density at radius 3 is 2.67 bits per heavy atom. The lowest BCUT2D eigenvalue weighted by atomic mass is 10.1. The van der Waals surface area contributed by atoms with Crippen molar-refractivity contribution in [3.8, 4) is 5.75 Å². The number of aryl methyl sites for hydroxylation is 2. The average molecular weight is 251 g/mol. The van der Waals surface area contributed by atoms with Crippen LogP contribution in [0.25, 0.3) is 0 Å². The summed E-state index contributed by atoms with van der Waals surface area (Å²) in [5.74, 6) is 0.132. The molecule has 1 rings (SSSR count). The summed E-state index contributed by atoms with van der Waals surface area (Å²) in [4.78, 5) is 10.6. The third kappa shape index (κ3) is 3.95. The van der Waals surface area contributed by atoms with Gasteiger partial charge in [-0.2, -0.15) is 0 Å². The van der Waals surface area contributed by atoms with Gasteiger partial charge in [0.25, 0.3) is 0 Å². The highest BCUT2D eigenvalue weighted by molar-refractivity contribution is 5.67. The molecule has 1 atom stereocenters. The fourth-order valence-corrected chi connectivity index (χ4v) is 2.01. The minimum Gasteiger partial charge on any atom is -0.494 e. The third-order valence-electron chi connectivity index (χ3n) is 2.79. The maximum absolute atomic E-state index is 10.6. The first kappa shape index (κ1) is 14.4. The van der Waals surface area contributed by atoms with E-state index in [0.29, 0.717) is 6.54 Å². The summed E-state index contributed by atoms with van der Waals surface area (Å²) in [7, 11) is 1.64. The van der Waals surface area contributed by atoms with Crippen molar-refractivity contribution >= 4 is 11.7 Å². The molecule has 4 nitrogen and oxygen atoms in total. The summed E-state index contributed by atoms with van der Waals surface area (Å²) in [6.07, 6.45) is 0.167. The minimum absolute atomic E-state index is 0.0769. The van der Waals surface area contributed by atoms with Crippen LogP contribution in [0.1, 0.15) is 24.5 Å². The molecule has 0 fully saturated rings. The van der Waals surface area contributed by atoms with Crippen molar-refractivity contribution in [3.05, 3.63) is 23.3 Å². The molecule has 0 spiro atoms. The monoisotopic (exact) mass is 251 g/mol. The summed E-state index contributed by atoms with van der Waals surface area (Å²) < 4.78 is 5.37. The summed E-state index contributed by atoms with van der Waals surface area (Å²) in [5.41, 5.74) is 3.15. The molecule has 18 heavy (non-hydrogen) atoms. The van der Waals surface area contributed by atoms with Crippen LogP contribution >= 0.6 is 0 Å². The van der Waals surface area contributed by atoms with Crippen molar-refractivity contribution in [2.45, 2.75) is 27.2 Å². The van der Waals surface area contributed by atoms with E-state index in [4.69, 9.17) is 9.84 Å². The number of carbonyl (C=O) groups is 1. The molecular weight excluding hydrogens is 230 g/mol. The molecule has 2 N–H and O–H groups in total. The van der Waals surface area contributed by atoms with Gasteiger partial charge < -0.3 is 15.2 Å². The molecule has 1 aromatic rings. The second-order valence-corrected chi connectivity index (χ2v) is 4.75. The van der Waals surface area contributed by atoms with Crippen molar-refractivity contribution < 1.29 is 14.6 Å². The number of hydrogen-bond donors (Lipinski definition) is 2. The molecule has 0 radical (unpaired) electrons. The standard InChI is InChI=1S/C14H21NO3/c1-9-5-11(3)14(18-4)12(6-9)15-8-10(2)7-13(16)17/h5-6,10,15H,7-8H2,1-4H3,(H,16,17). The number of methoxy groups -OCH3 is 1. The first-order chi connectivity index (χ1) is 8.43. The maximum Gasteiger partial charge on any atom is 0.303 e. The molecule has 0 aliphatic carbocycles. The van der Waals surface area contributed by atoms with Gasteiger partial charge in [0.1, 0.15) is 5.75 Å². The fraction of sp³-hybridized carbons (Fsp3) is 0.500. The Hall–Kier alpha value is -1.71. The van der Waals surface area contributed by atoms with Gasteiger partial charge in [0, 0.05) is 13.0 Å². The van der Waals surface area contributed by atoms with Gasteiger partial charge in [0.2, 0.25) is 0 Å². The molecular formula is C14H21NO3. The lowest BCUT2D eigenvalue weighted by Gasteiger charge is -2.16. The number of hydrogen-bond acceptors (Lipinski definition) is 3. The molecule has 0 aliphatic rings. The number of ether oxygens (including phenoxy) is 1. The van der Waals surface area contributed by atoms with Gasteiger partial charge in [-0.05, 0) is 37.0 Å². The molecule has 0 saturated carbocycles. The van der Waals surface area contributed by atoms with E-state index in [1.807, 2.05) is 26.8 Å². The number of benzene rings is 1. The SMILES string of the molecule is COc1c(C)cc(C)cc1NCC(C)CC(=O)O. The van der Waals surface area contributed by atoms with Gasteiger partial charge in [-0.15, -0.1) is 0 Å². The first-order valence-electron chi connectivity index (χ1n) is 6.05. The van der Waals surface area contributed by atoms with Gasteiger partial charge in [0.15, 0.2) is 0 Å². The predicted molar refractivity (Wildman–Crippen MR) is 72.4 cm³/mol. The second kappa shape index (κ2) is 6.28. The van der Waals surface area contributed by atoms with E-state index in [2.05, 4.69) is 11.4 Å². The zero-order valence-corrected chi connectivity index (χ0v) is 11.4. The molecule has 0 saturated heterocycles. The van der Waals surface area contributed by atoms with Gasteiger partial charge in [-0.3, -0.25) is 4.79 Å². The van der Waals surface area contributed by atoms with Crippen LogP contribution in [0.15, 0.2) is 12.1 Å². The Morgan fingerprint density at radius 2 is 2.11 bits per heavy atom. The molecule has 0 amide bonds. The normalized spacial score (nSPS) is 12.0. The van der Waals surface area contributed by atoms with Gasteiger partial charge in [-0.25, -0.2) is 0 Å². The Morgan fingerprint density at radius 1 is 1.44 bits per heavy atom. The van der Waals surface area contributed by atoms with Crippen LogP contribution in [0.5, 0.6) is 5.75 Å². The van der Waals surface area contributed by atoms with Crippen molar-refractivity contribution in [1.82, 2.24) is 0 Å². The number of anilines is 1. The quantitative estimate of drug-likeness (QED) is 0.816. The lowest BCUT2D eigenvalue weighted by molar-refractivity contribution is -0.137. The fourth-order valence-electron chi connectivity index (χ4n) is 2.01. The first-order valence-corrected chi connectivity index (χ1v) is 6.05. The van der Waals surface area contributed by atoms with E-state index in [1.165, 1.54) is 0 Å². The number of rotatable bonds is 6. The van der Waals surface area contributed by atoms with Gasteiger partial charge in [0.05, 0.1) is 12.8 Å². The highest BCUT2D eigenvalue weighted by Gasteiger charge is 2.11. The molecule has 100 valence electrons. The number of carboxylic acid groups (broad SMARTS) is 1. The zero-order valence-electron chi connectivity index (χ0n) is 11.4. The van der Waals surface area contributed by atoms with Crippen LogP contribution in [0.3, 0.4) is 0 Å². The Kier molecular flexibility index (Phi) is 5.01. The number of aliphatic carboxylic acids is 1. The van der Waals surface area contributed by atoms with Crippen molar-refractivity contribution in [2.75, 3.05) is 19.0 Å². The summed E-state index contributed by atoms with van der Waals surface area (Å²) in [6, 6.07) is 4.07. The minimum atomic E-state index is -0.767. The highest BCUT2D eigenvalue weighted by Crippen LogP contribution is 2.30. The van der Waals surface area contributed by atoms with Crippen LogP contribution in [-0.4, -0.2) is 24.7 Å². The molecule has 0 bridgehead atoms. The zero-order chi connectivity index (χ0) is 13.7. The van der Waals surface area contributed by atoms with E-state index in [1.54, 1.807) is 7.11 Å². The van der Waals surface area contributed by atoms with E-state index in [-0.39, 0.29) is 12.3 Å². The van der Waals surface area contributed by atoms with Gasteiger partial charge in [-0.1, -0.05) is 13.0 Å². The van der Waals surface area contributed by atoms with Gasteiger partial charge >= 0.3 is 5.97 Å². The lowest BCUT2D eigenvalue weighted by Crippen LogP contribution is -2.15. The number of nitrogens with one attached hydrogen (secondary N) is 1. The Bertz CT molecular complexity index is 429. The van der Waals surface area contributed by atoms with E-state index in [0.717, 1.165) is 22.6 Å². The van der Waals surface area contributed by atoms with Crippen LogP contribution in [0, 0.1) is 19.8 Å². The van der Waals surface area contributed by atoms with Crippen LogP contribution < -0.4 is 10.1 Å². The number of carboxylic acids is 1. The topological polar surface area (TPSA) is 58.6 Å². The molecule has 0 heterocycles. The predicted octanol–water partition coefficient (Wildman–Crippen LogP) is 2.83. The van der Waals surface area contributed by atoms with Crippen molar-refractivity contribution in [2.24, 2.45) is 5.92 Å². The molecule has 0 aromatic heterocycles. The largest absolute Gasteiger partial charge is 0.494 e. The van der Waals surface area contributed by atoms with Crippen LogP contribution in [0.4, 0.5) is 5.69 Å². The Balaban J connectivity index is 2.75. The summed E-state index contributed by atoms with van der Waals surface area (Å²) in [6.45, 7) is 6.55. The molecule has 0 aliphatic heterocycles. The van der Waals surface area contributed by atoms with Crippen molar-refractivity contribution in [3.63, 3.8) is 0 Å². The molecule has 1 unspecified atom stereocenters. The Labute approximate surface area is 108 Å². The third-order valence-corrected chi connectivity index (χ3v) is 2.79. The van der Waals surface area contributed by atoms with Crippen LogP contribution in [-0.2, 0) is 4.79 Å². The highest BCUT2D eigenvalue weighted by atomic mass is 16.5. The average Bonchev–Trinajstić information content (AvgIpc) is 2.24. The second-order valence-electron chi connectivity index (χ2n) is 4.75. The molecule has 4 heteroatoms. The van der Waals surface area contributed by atoms with Crippen molar-refractivity contribution in [1.29, 1.82) is 0 Å². The molecule has 1 aromatic carbocycles. The van der Waals surface area contributed by atoms with E-state index < -0.39 is 5.97 Å². The smallest absolute Gasteiger partial charge is 0.303 e. The van der Waals surface area contributed by atoms with E-state index in [9.17, 15) is 4.79 Å². The van der Waals surface area contributed by atoms with E-state index >= 15 is 0 Å². The maximum atomic E-state index is 10.6. The summed E-state index contributed by atoms with van der Waals surface area (Å²) >= 11 is 0. The summed E-state index contributed by atoms with van der Waals surface area (Å²) in [5, 5.41) is 12.0.